The maximum atomic E-state index is 12.9. The number of nitrogens with one attached hydrogen (secondary N) is 2. The van der Waals surface area contributed by atoms with Gasteiger partial charge in [-0.15, -0.1) is 35.7 Å². The van der Waals surface area contributed by atoms with Gasteiger partial charge < -0.3 is 14.8 Å². The zero-order valence-electron chi connectivity index (χ0n) is 17.5. The number of carbonyl (C=O) groups is 2. The third-order valence-electron chi connectivity index (χ3n) is 4.40. The van der Waals surface area contributed by atoms with Crippen LogP contribution in [0.15, 0.2) is 46.8 Å². The van der Waals surface area contributed by atoms with Crippen LogP contribution in [0.3, 0.4) is 0 Å². The molecule has 1 heterocycles. The summed E-state index contributed by atoms with van der Waals surface area (Å²) < 4.78 is 10.4. The minimum atomic E-state index is -0.994. The molecule has 9 nitrogen and oxygen atoms in total. The standard InChI is InChI=1S/C20H23N3O6S.HI/c1-5-28-19(24)14-11(3)22-17(18(21)30-4)16(20(25)29-6-2)15(14)12-8-7-9-13(10-12)23(26)27;/h7-10,15,21-22H,5-6H2,1-4H3;1H. The number of ether oxygens (including phenoxy) is 2. The predicted octanol–water partition coefficient (Wildman–Crippen LogP) is 3.89. The van der Waals surface area contributed by atoms with Crippen molar-refractivity contribution in [3.63, 3.8) is 0 Å². The lowest BCUT2D eigenvalue weighted by Crippen LogP contribution is -2.35. The molecule has 0 amide bonds. The molecule has 0 spiro atoms. The molecule has 2 rings (SSSR count). The summed E-state index contributed by atoms with van der Waals surface area (Å²) in [6.45, 7) is 5.13. The predicted molar refractivity (Wildman–Crippen MR) is 129 cm³/mol. The molecule has 0 fully saturated rings. The Hall–Kier alpha value is -2.41. The average Bonchev–Trinajstić information content (AvgIpc) is 2.72. The Morgan fingerprint density at radius 1 is 1.19 bits per heavy atom. The number of esters is 2. The second kappa shape index (κ2) is 11.8. The van der Waals surface area contributed by atoms with E-state index in [1.165, 1.54) is 18.2 Å². The molecule has 0 saturated heterocycles. The first-order chi connectivity index (χ1) is 14.3. The van der Waals surface area contributed by atoms with E-state index in [2.05, 4.69) is 5.32 Å². The van der Waals surface area contributed by atoms with Gasteiger partial charge in [0.1, 0.15) is 5.04 Å². The molecule has 0 saturated carbocycles. The lowest BCUT2D eigenvalue weighted by molar-refractivity contribution is -0.384. The topological polar surface area (TPSA) is 132 Å². The van der Waals surface area contributed by atoms with E-state index in [0.717, 1.165) is 11.8 Å². The number of allylic oxidation sites excluding steroid dienone is 1. The first-order valence-electron chi connectivity index (χ1n) is 9.20. The van der Waals surface area contributed by atoms with Crippen molar-refractivity contribution in [1.82, 2.24) is 5.32 Å². The summed E-state index contributed by atoms with van der Waals surface area (Å²) in [5.41, 5.74) is 0.928. The number of carbonyl (C=O) groups excluding carboxylic acids is 2. The first-order valence-corrected chi connectivity index (χ1v) is 10.4. The molecule has 0 aliphatic carbocycles. The van der Waals surface area contributed by atoms with Crippen molar-refractivity contribution in [1.29, 1.82) is 5.41 Å². The van der Waals surface area contributed by atoms with Crippen LogP contribution in [0, 0.1) is 15.5 Å². The van der Waals surface area contributed by atoms with Gasteiger partial charge in [-0.25, -0.2) is 9.59 Å². The molecule has 168 valence electrons. The Kier molecular flexibility index (Phi) is 10.2. The second-order valence-electron chi connectivity index (χ2n) is 6.21. The maximum Gasteiger partial charge on any atom is 0.337 e. The lowest BCUT2D eigenvalue weighted by Gasteiger charge is -2.31. The Labute approximate surface area is 201 Å². The van der Waals surface area contributed by atoms with Crippen LogP contribution in [0.4, 0.5) is 5.69 Å². The highest BCUT2D eigenvalue weighted by Gasteiger charge is 2.40. The van der Waals surface area contributed by atoms with Gasteiger partial charge in [0.15, 0.2) is 0 Å². The fourth-order valence-corrected chi connectivity index (χ4v) is 3.53. The van der Waals surface area contributed by atoms with Crippen LogP contribution in [0.25, 0.3) is 0 Å². The summed E-state index contributed by atoms with van der Waals surface area (Å²) in [6.07, 6.45) is 1.68. The van der Waals surface area contributed by atoms with Gasteiger partial charge in [0.25, 0.3) is 5.69 Å². The van der Waals surface area contributed by atoms with Crippen LogP contribution < -0.4 is 5.32 Å². The molecule has 1 aliphatic rings. The van der Waals surface area contributed by atoms with Crippen molar-refractivity contribution in [2.75, 3.05) is 19.5 Å². The molecule has 0 radical (unpaired) electrons. The lowest BCUT2D eigenvalue weighted by atomic mass is 9.80. The maximum absolute atomic E-state index is 12.9. The third-order valence-corrected chi connectivity index (χ3v) is 5.01. The molecule has 2 N–H and O–H groups in total. The van der Waals surface area contributed by atoms with Gasteiger partial charge in [0.05, 0.1) is 40.9 Å². The molecule has 1 atom stereocenters. The largest absolute Gasteiger partial charge is 0.463 e. The number of nitro groups is 1. The molecule has 0 aromatic heterocycles. The SMILES string of the molecule is CCOC(=O)C1=C(C)NC(C(=N)SC)=C(C(=O)OCC)C1c1cccc([N+](=O)[O-])c1.I. The minimum absolute atomic E-state index is 0. The number of nitrogens with zero attached hydrogens (tertiary/aromatic N) is 1. The Bertz CT molecular complexity index is 960. The number of nitro benzene ring substituents is 1. The van der Waals surface area contributed by atoms with E-state index in [9.17, 15) is 19.7 Å². The molecule has 1 aromatic carbocycles. The number of rotatable bonds is 7. The first kappa shape index (κ1) is 26.6. The molecule has 1 aliphatic heterocycles. The van der Waals surface area contributed by atoms with Crippen molar-refractivity contribution in [2.24, 2.45) is 0 Å². The number of hydrogen-bond donors (Lipinski definition) is 2. The van der Waals surface area contributed by atoms with Crippen LogP contribution in [-0.2, 0) is 19.1 Å². The number of dihydropyridines is 1. The van der Waals surface area contributed by atoms with E-state index < -0.39 is 22.8 Å². The Morgan fingerprint density at radius 2 is 1.77 bits per heavy atom. The van der Waals surface area contributed by atoms with Crippen molar-refractivity contribution in [3.8, 4) is 0 Å². The van der Waals surface area contributed by atoms with Gasteiger partial charge >= 0.3 is 11.9 Å². The molecular weight excluding hydrogens is 537 g/mol. The quantitative estimate of drug-likeness (QED) is 0.128. The Balaban J connectivity index is 0.00000480. The second-order valence-corrected chi connectivity index (χ2v) is 7.03. The number of benzene rings is 1. The van der Waals surface area contributed by atoms with Crippen molar-refractivity contribution in [2.45, 2.75) is 26.7 Å². The van der Waals surface area contributed by atoms with Gasteiger partial charge in [0.2, 0.25) is 0 Å². The normalized spacial score (nSPS) is 15.5. The van der Waals surface area contributed by atoms with E-state index in [1.54, 1.807) is 33.1 Å². The smallest absolute Gasteiger partial charge is 0.337 e. The van der Waals surface area contributed by atoms with Gasteiger partial charge in [-0.1, -0.05) is 12.1 Å². The fourth-order valence-electron chi connectivity index (χ4n) is 3.17. The summed E-state index contributed by atoms with van der Waals surface area (Å²) in [5.74, 6) is -2.37. The number of non-ortho nitro benzene ring substituents is 1. The van der Waals surface area contributed by atoms with E-state index >= 15 is 0 Å². The van der Waals surface area contributed by atoms with Crippen molar-refractivity contribution in [3.05, 3.63) is 62.5 Å². The van der Waals surface area contributed by atoms with Crippen LogP contribution >= 0.6 is 35.7 Å². The van der Waals surface area contributed by atoms with Crippen molar-refractivity contribution >= 4 is 58.4 Å². The van der Waals surface area contributed by atoms with Crippen molar-refractivity contribution < 1.29 is 24.0 Å². The zero-order valence-corrected chi connectivity index (χ0v) is 20.7. The summed E-state index contributed by atoms with van der Waals surface area (Å²) in [5, 5.41) is 22.6. The van der Waals surface area contributed by atoms with E-state index in [-0.39, 0.29) is 64.8 Å². The van der Waals surface area contributed by atoms with Gasteiger partial charge in [-0.2, -0.15) is 0 Å². The fraction of sp³-hybridized carbons (Fsp3) is 0.350. The van der Waals surface area contributed by atoms with Crippen LogP contribution in [-0.4, -0.2) is 41.4 Å². The number of hydrogen-bond acceptors (Lipinski definition) is 9. The minimum Gasteiger partial charge on any atom is -0.463 e. The average molecular weight is 561 g/mol. The van der Waals surface area contributed by atoms with Gasteiger partial charge in [-0.05, 0) is 32.6 Å². The highest BCUT2D eigenvalue weighted by molar-refractivity contribution is 14.0. The van der Waals surface area contributed by atoms with Crippen LogP contribution in [0.5, 0.6) is 0 Å². The van der Waals surface area contributed by atoms with Crippen LogP contribution in [0.1, 0.15) is 32.3 Å². The molecular formula is C20H24IN3O6S. The summed E-state index contributed by atoms with van der Waals surface area (Å²) in [6, 6.07) is 5.71. The highest BCUT2D eigenvalue weighted by Crippen LogP contribution is 2.41. The zero-order chi connectivity index (χ0) is 22.4. The number of thioether (sulfide) groups is 1. The van der Waals surface area contributed by atoms with E-state index in [0.29, 0.717) is 11.3 Å². The highest BCUT2D eigenvalue weighted by atomic mass is 127. The van der Waals surface area contributed by atoms with Gasteiger partial charge in [0, 0.05) is 17.8 Å². The molecule has 31 heavy (non-hydrogen) atoms. The molecule has 0 bridgehead atoms. The third kappa shape index (κ3) is 5.85. The molecule has 1 aromatic rings. The summed E-state index contributed by atoms with van der Waals surface area (Å²) in [7, 11) is 0. The van der Waals surface area contributed by atoms with E-state index in [4.69, 9.17) is 14.9 Å². The van der Waals surface area contributed by atoms with Crippen LogP contribution in [0.2, 0.25) is 0 Å². The molecule has 11 heteroatoms. The summed E-state index contributed by atoms with van der Waals surface area (Å²) in [4.78, 5) is 36.5. The number of halogens is 1. The van der Waals surface area contributed by atoms with Gasteiger partial charge in [-0.3, -0.25) is 15.5 Å². The molecule has 1 unspecified atom stereocenters. The van der Waals surface area contributed by atoms with E-state index in [1.807, 2.05) is 0 Å². The summed E-state index contributed by atoms with van der Waals surface area (Å²) >= 11 is 1.11. The Morgan fingerprint density at radius 3 is 2.29 bits per heavy atom. The monoisotopic (exact) mass is 561 g/mol.